The first-order valence-electron chi connectivity index (χ1n) is 11.1. The number of hydrogen-bond donors (Lipinski definition) is 1. The van der Waals surface area contributed by atoms with Gasteiger partial charge in [0.15, 0.2) is 0 Å². The molecule has 0 radical (unpaired) electrons. The molecule has 2 aromatic rings. The molecule has 0 atom stereocenters. The summed E-state index contributed by atoms with van der Waals surface area (Å²) in [5, 5.41) is 3.35. The second-order valence-electron chi connectivity index (χ2n) is 8.26. The maximum absolute atomic E-state index is 5.59. The van der Waals surface area contributed by atoms with Crippen molar-refractivity contribution in [3.8, 4) is 6.01 Å². The number of aromatic nitrogens is 3. The van der Waals surface area contributed by atoms with Crippen LogP contribution >= 0.6 is 0 Å². The summed E-state index contributed by atoms with van der Waals surface area (Å²) in [6.07, 6.45) is 5.76. The highest BCUT2D eigenvalue weighted by atomic mass is 16.5. The molecule has 2 heterocycles. The highest BCUT2D eigenvalue weighted by Crippen LogP contribution is 2.25. The van der Waals surface area contributed by atoms with Gasteiger partial charge in [0, 0.05) is 19.6 Å². The lowest BCUT2D eigenvalue weighted by molar-refractivity contribution is 0.311. The SMILES string of the molecule is CCOc1nc(NCCCC(C)C)nc(N2CCC(Cc3ccccc3)CC2)n1. The van der Waals surface area contributed by atoms with E-state index in [0.29, 0.717) is 24.5 Å². The van der Waals surface area contributed by atoms with E-state index < -0.39 is 0 Å². The summed E-state index contributed by atoms with van der Waals surface area (Å²) < 4.78 is 5.59. The molecule has 1 N–H and O–H groups in total. The highest BCUT2D eigenvalue weighted by molar-refractivity contribution is 5.39. The smallest absolute Gasteiger partial charge is 0.323 e. The molecule has 158 valence electrons. The monoisotopic (exact) mass is 397 g/mol. The van der Waals surface area contributed by atoms with Gasteiger partial charge in [-0.1, -0.05) is 44.2 Å². The predicted octanol–water partition coefficient (Wildman–Crippen LogP) is 4.58. The van der Waals surface area contributed by atoms with Crippen LogP contribution in [-0.4, -0.2) is 41.2 Å². The number of rotatable bonds is 10. The molecular formula is C23H35N5O. The lowest BCUT2D eigenvalue weighted by Crippen LogP contribution is -2.35. The van der Waals surface area contributed by atoms with E-state index in [-0.39, 0.29) is 0 Å². The maximum Gasteiger partial charge on any atom is 0.323 e. The zero-order valence-corrected chi connectivity index (χ0v) is 18.1. The minimum Gasteiger partial charge on any atom is -0.464 e. The van der Waals surface area contributed by atoms with Crippen molar-refractivity contribution in [1.29, 1.82) is 0 Å². The molecule has 1 aromatic carbocycles. The van der Waals surface area contributed by atoms with Crippen LogP contribution in [0.4, 0.5) is 11.9 Å². The fourth-order valence-corrected chi connectivity index (χ4v) is 3.76. The molecule has 29 heavy (non-hydrogen) atoms. The Hall–Kier alpha value is -2.37. The zero-order chi connectivity index (χ0) is 20.5. The van der Waals surface area contributed by atoms with Crippen LogP contribution in [0.3, 0.4) is 0 Å². The van der Waals surface area contributed by atoms with Gasteiger partial charge in [-0.15, -0.1) is 0 Å². The molecule has 0 spiro atoms. The van der Waals surface area contributed by atoms with Crippen molar-refractivity contribution in [2.24, 2.45) is 11.8 Å². The number of hydrogen-bond acceptors (Lipinski definition) is 6. The lowest BCUT2D eigenvalue weighted by atomic mass is 9.90. The van der Waals surface area contributed by atoms with Crippen LogP contribution < -0.4 is 15.0 Å². The Balaban J connectivity index is 1.58. The summed E-state index contributed by atoms with van der Waals surface area (Å²) in [7, 11) is 0. The van der Waals surface area contributed by atoms with Gasteiger partial charge in [-0.05, 0) is 56.4 Å². The molecule has 0 bridgehead atoms. The first-order chi connectivity index (χ1) is 14.1. The van der Waals surface area contributed by atoms with Crippen molar-refractivity contribution in [3.63, 3.8) is 0 Å². The molecule has 1 aromatic heterocycles. The molecule has 6 nitrogen and oxygen atoms in total. The van der Waals surface area contributed by atoms with Gasteiger partial charge in [-0.3, -0.25) is 0 Å². The van der Waals surface area contributed by atoms with E-state index in [1.165, 1.54) is 12.0 Å². The van der Waals surface area contributed by atoms with E-state index in [4.69, 9.17) is 4.74 Å². The topological polar surface area (TPSA) is 63.2 Å². The lowest BCUT2D eigenvalue weighted by Gasteiger charge is -2.32. The quantitative estimate of drug-likeness (QED) is 0.592. The van der Waals surface area contributed by atoms with Crippen LogP contribution in [0.15, 0.2) is 30.3 Å². The van der Waals surface area contributed by atoms with Gasteiger partial charge in [-0.25, -0.2) is 0 Å². The highest BCUT2D eigenvalue weighted by Gasteiger charge is 2.22. The van der Waals surface area contributed by atoms with Crippen molar-refractivity contribution in [2.45, 2.75) is 52.9 Å². The zero-order valence-electron chi connectivity index (χ0n) is 18.1. The van der Waals surface area contributed by atoms with Crippen molar-refractivity contribution in [2.75, 3.05) is 36.5 Å². The van der Waals surface area contributed by atoms with Crippen LogP contribution in [0.25, 0.3) is 0 Å². The van der Waals surface area contributed by atoms with Gasteiger partial charge >= 0.3 is 6.01 Å². The van der Waals surface area contributed by atoms with Crippen molar-refractivity contribution < 1.29 is 4.74 Å². The molecule has 1 aliphatic rings. The van der Waals surface area contributed by atoms with Gasteiger partial charge in [-0.2, -0.15) is 15.0 Å². The average Bonchev–Trinajstić information content (AvgIpc) is 2.72. The molecule has 0 aliphatic carbocycles. The molecule has 6 heteroatoms. The largest absolute Gasteiger partial charge is 0.464 e. The third-order valence-electron chi connectivity index (χ3n) is 5.38. The standard InChI is InChI=1S/C23H35N5O/c1-4-29-23-26-21(24-14-8-9-18(2)3)25-22(27-23)28-15-12-20(13-16-28)17-19-10-6-5-7-11-19/h5-7,10-11,18,20H,4,8-9,12-17H2,1-3H3,(H,24,25,26,27). The second-order valence-corrected chi connectivity index (χ2v) is 8.26. The Bertz CT molecular complexity index is 729. The third-order valence-corrected chi connectivity index (χ3v) is 5.38. The number of nitrogens with one attached hydrogen (secondary N) is 1. The summed E-state index contributed by atoms with van der Waals surface area (Å²) in [6.45, 7) is 9.81. The summed E-state index contributed by atoms with van der Waals surface area (Å²) in [5.41, 5.74) is 1.43. The Morgan fingerprint density at radius 1 is 1.10 bits per heavy atom. The average molecular weight is 398 g/mol. The van der Waals surface area contributed by atoms with Crippen LogP contribution in [0.2, 0.25) is 0 Å². The summed E-state index contributed by atoms with van der Waals surface area (Å²) in [4.78, 5) is 15.9. The number of benzene rings is 1. The Morgan fingerprint density at radius 3 is 2.55 bits per heavy atom. The normalized spacial score (nSPS) is 15.0. The molecule has 3 rings (SSSR count). The first kappa shape index (κ1) is 21.3. The minimum atomic E-state index is 0.412. The van der Waals surface area contributed by atoms with Gasteiger partial charge in [0.1, 0.15) is 0 Å². The summed E-state index contributed by atoms with van der Waals surface area (Å²) in [5.74, 6) is 2.78. The van der Waals surface area contributed by atoms with Crippen molar-refractivity contribution in [1.82, 2.24) is 15.0 Å². The second kappa shape index (κ2) is 11.0. The van der Waals surface area contributed by atoms with Gasteiger partial charge in [0.25, 0.3) is 0 Å². The fraction of sp³-hybridized carbons (Fsp3) is 0.609. The number of anilines is 2. The Labute approximate surface area is 175 Å². The molecule has 0 unspecified atom stereocenters. The van der Waals surface area contributed by atoms with Crippen LogP contribution in [-0.2, 0) is 6.42 Å². The van der Waals surface area contributed by atoms with Crippen LogP contribution in [0, 0.1) is 11.8 Å². The van der Waals surface area contributed by atoms with Crippen molar-refractivity contribution >= 4 is 11.9 Å². The van der Waals surface area contributed by atoms with E-state index in [1.807, 2.05) is 6.92 Å². The van der Waals surface area contributed by atoms with E-state index in [0.717, 1.165) is 57.2 Å². The van der Waals surface area contributed by atoms with E-state index in [9.17, 15) is 0 Å². The summed E-state index contributed by atoms with van der Waals surface area (Å²) >= 11 is 0. The minimum absolute atomic E-state index is 0.412. The van der Waals surface area contributed by atoms with E-state index in [2.05, 4.69) is 69.3 Å². The molecule has 0 amide bonds. The Morgan fingerprint density at radius 2 is 1.86 bits per heavy atom. The van der Waals surface area contributed by atoms with Crippen molar-refractivity contribution in [3.05, 3.63) is 35.9 Å². The van der Waals surface area contributed by atoms with E-state index >= 15 is 0 Å². The summed E-state index contributed by atoms with van der Waals surface area (Å²) in [6, 6.07) is 11.2. The van der Waals surface area contributed by atoms with Gasteiger partial charge in [0.2, 0.25) is 11.9 Å². The first-order valence-corrected chi connectivity index (χ1v) is 11.1. The van der Waals surface area contributed by atoms with Gasteiger partial charge in [0.05, 0.1) is 6.61 Å². The van der Waals surface area contributed by atoms with Gasteiger partial charge < -0.3 is 15.0 Å². The van der Waals surface area contributed by atoms with Crippen LogP contribution in [0.1, 0.15) is 52.0 Å². The fourth-order valence-electron chi connectivity index (χ4n) is 3.76. The van der Waals surface area contributed by atoms with E-state index in [1.54, 1.807) is 0 Å². The molecule has 1 aliphatic heterocycles. The molecule has 1 saturated heterocycles. The third kappa shape index (κ3) is 6.87. The molecular weight excluding hydrogens is 362 g/mol. The Kier molecular flexibility index (Phi) is 8.08. The number of nitrogens with zero attached hydrogens (tertiary/aromatic N) is 4. The van der Waals surface area contributed by atoms with Crippen LogP contribution in [0.5, 0.6) is 6.01 Å². The molecule has 1 fully saturated rings. The molecule has 0 saturated carbocycles. The number of piperidine rings is 1. The maximum atomic E-state index is 5.59. The number of ether oxygens (including phenoxy) is 1. The predicted molar refractivity (Wildman–Crippen MR) is 119 cm³/mol.